The molecule has 1 aromatic rings. The smallest absolute Gasteiger partial charge is 0.303 e. The molecule has 4 nitrogen and oxygen atoms in total. The van der Waals surface area contributed by atoms with Crippen LogP contribution in [-0.2, 0) is 4.79 Å². The third kappa shape index (κ3) is 3.89. The van der Waals surface area contributed by atoms with E-state index in [1.54, 1.807) is 19.2 Å². The van der Waals surface area contributed by atoms with E-state index in [9.17, 15) is 4.79 Å². The zero-order valence-corrected chi connectivity index (χ0v) is 11.6. The maximum atomic E-state index is 10.7. The molecule has 0 bridgehead atoms. The van der Waals surface area contributed by atoms with Crippen LogP contribution in [0.3, 0.4) is 0 Å². The van der Waals surface area contributed by atoms with Gasteiger partial charge in [-0.1, -0.05) is 11.6 Å². The van der Waals surface area contributed by atoms with Gasteiger partial charge in [0.25, 0.3) is 0 Å². The van der Waals surface area contributed by atoms with Crippen LogP contribution in [0, 0.1) is 0 Å². The average Bonchev–Trinajstić information content (AvgIpc) is 2.28. The maximum Gasteiger partial charge on any atom is 0.303 e. The normalized spacial score (nSPS) is 12.5. The summed E-state index contributed by atoms with van der Waals surface area (Å²) in [6, 6.07) is 5.35. The van der Waals surface area contributed by atoms with Crippen LogP contribution < -0.4 is 4.74 Å². The van der Waals surface area contributed by atoms with Crippen LogP contribution >= 0.6 is 11.6 Å². The van der Waals surface area contributed by atoms with Gasteiger partial charge < -0.3 is 14.7 Å². The van der Waals surface area contributed by atoms with E-state index < -0.39 is 5.97 Å². The fraction of sp³-hybridized carbons (Fsp3) is 0.462. The third-order valence-electron chi connectivity index (χ3n) is 2.81. The van der Waals surface area contributed by atoms with Gasteiger partial charge in [-0.25, -0.2) is 0 Å². The number of benzene rings is 1. The highest BCUT2D eigenvalue weighted by Crippen LogP contribution is 2.33. The minimum absolute atomic E-state index is 0.0326. The minimum Gasteiger partial charge on any atom is -0.496 e. The van der Waals surface area contributed by atoms with Crippen molar-refractivity contribution in [3.63, 3.8) is 0 Å². The van der Waals surface area contributed by atoms with Crippen LogP contribution in [0.5, 0.6) is 5.75 Å². The summed E-state index contributed by atoms with van der Waals surface area (Å²) < 4.78 is 5.31. The van der Waals surface area contributed by atoms with Gasteiger partial charge in [0.05, 0.1) is 7.11 Å². The molecular weight excluding hydrogens is 254 g/mol. The first-order valence-corrected chi connectivity index (χ1v) is 6.05. The molecule has 0 spiro atoms. The molecule has 0 aliphatic carbocycles. The molecule has 100 valence electrons. The minimum atomic E-state index is -0.803. The first kappa shape index (κ1) is 14.8. The van der Waals surface area contributed by atoms with Gasteiger partial charge in [-0.05, 0) is 38.7 Å². The van der Waals surface area contributed by atoms with E-state index in [1.807, 2.05) is 25.1 Å². The first-order chi connectivity index (χ1) is 8.45. The lowest BCUT2D eigenvalue weighted by Gasteiger charge is -2.26. The van der Waals surface area contributed by atoms with E-state index in [-0.39, 0.29) is 12.5 Å². The lowest BCUT2D eigenvalue weighted by molar-refractivity contribution is -0.137. The molecule has 1 aromatic carbocycles. The van der Waals surface area contributed by atoms with Crippen LogP contribution in [0.25, 0.3) is 0 Å². The second-order valence-electron chi connectivity index (χ2n) is 4.30. The number of hydrogen-bond donors (Lipinski definition) is 1. The van der Waals surface area contributed by atoms with E-state index in [1.165, 1.54) is 0 Å². The Balaban J connectivity index is 3.04. The molecule has 5 heteroatoms. The molecular formula is C13H18ClNO3. The molecule has 0 saturated heterocycles. The number of ether oxygens (including phenoxy) is 1. The number of hydrogen-bond acceptors (Lipinski definition) is 3. The highest BCUT2D eigenvalue weighted by atomic mass is 35.5. The Bertz CT molecular complexity index is 421. The average molecular weight is 272 g/mol. The number of halogens is 1. The Hall–Kier alpha value is -1.26. The summed E-state index contributed by atoms with van der Waals surface area (Å²) in [4.78, 5) is 12.7. The van der Waals surface area contributed by atoms with E-state index in [2.05, 4.69) is 0 Å². The summed E-state index contributed by atoms with van der Waals surface area (Å²) >= 11 is 5.99. The van der Waals surface area contributed by atoms with Crippen molar-refractivity contribution >= 4 is 17.6 Å². The number of carbonyl (C=O) groups is 1. The molecule has 0 amide bonds. The molecule has 1 N–H and O–H groups in total. The highest BCUT2D eigenvalue weighted by molar-refractivity contribution is 6.30. The summed E-state index contributed by atoms with van der Waals surface area (Å²) in [5.41, 5.74) is 0.913. The van der Waals surface area contributed by atoms with Crippen LogP contribution in [-0.4, -0.2) is 37.2 Å². The molecule has 0 saturated carbocycles. The van der Waals surface area contributed by atoms with Gasteiger partial charge in [0.15, 0.2) is 0 Å². The van der Waals surface area contributed by atoms with Crippen molar-refractivity contribution < 1.29 is 14.6 Å². The van der Waals surface area contributed by atoms with Gasteiger partial charge in [-0.15, -0.1) is 0 Å². The summed E-state index contributed by atoms with van der Waals surface area (Å²) in [5.74, 6) is -0.0775. The Morgan fingerprint density at radius 2 is 2.17 bits per heavy atom. The van der Waals surface area contributed by atoms with Gasteiger partial charge in [0.1, 0.15) is 5.75 Å². The molecule has 0 fully saturated rings. The zero-order valence-electron chi connectivity index (χ0n) is 10.8. The van der Waals surface area contributed by atoms with Gasteiger partial charge in [-0.2, -0.15) is 0 Å². The van der Waals surface area contributed by atoms with Crippen molar-refractivity contribution in [3.05, 3.63) is 28.8 Å². The van der Waals surface area contributed by atoms with Crippen molar-refractivity contribution in [1.29, 1.82) is 0 Å². The van der Waals surface area contributed by atoms with E-state index in [4.69, 9.17) is 21.4 Å². The van der Waals surface area contributed by atoms with Gasteiger partial charge in [0.2, 0.25) is 0 Å². The number of aliphatic carboxylic acids is 1. The van der Waals surface area contributed by atoms with Gasteiger partial charge in [0, 0.05) is 23.0 Å². The Morgan fingerprint density at radius 1 is 1.50 bits per heavy atom. The summed E-state index contributed by atoms with van der Waals surface area (Å²) in [6.45, 7) is 0. The number of carboxylic acids is 1. The Labute approximate surface area is 112 Å². The number of methoxy groups -OCH3 is 1. The van der Waals surface area contributed by atoms with Crippen molar-refractivity contribution in [2.75, 3.05) is 21.2 Å². The third-order valence-corrected chi connectivity index (χ3v) is 3.04. The maximum absolute atomic E-state index is 10.7. The van der Waals surface area contributed by atoms with Crippen molar-refractivity contribution in [2.24, 2.45) is 0 Å². The Kier molecular flexibility index (Phi) is 5.44. The number of carboxylic acid groups (broad SMARTS) is 1. The lowest BCUT2D eigenvalue weighted by atomic mass is 10.00. The fourth-order valence-corrected chi connectivity index (χ4v) is 2.10. The molecule has 0 radical (unpaired) electrons. The molecule has 0 heterocycles. The monoisotopic (exact) mass is 271 g/mol. The summed E-state index contributed by atoms with van der Waals surface area (Å²) in [5, 5.41) is 9.41. The molecule has 0 aliphatic rings. The molecule has 1 unspecified atom stereocenters. The molecule has 1 rings (SSSR count). The second kappa shape index (κ2) is 6.61. The van der Waals surface area contributed by atoms with Gasteiger partial charge in [-0.3, -0.25) is 4.79 Å². The van der Waals surface area contributed by atoms with Crippen molar-refractivity contribution in [1.82, 2.24) is 4.90 Å². The summed E-state index contributed by atoms with van der Waals surface area (Å²) in [7, 11) is 5.41. The van der Waals surface area contributed by atoms with E-state index >= 15 is 0 Å². The molecule has 1 atom stereocenters. The zero-order chi connectivity index (χ0) is 13.7. The number of nitrogens with zero attached hydrogens (tertiary/aromatic N) is 1. The standard InChI is InChI=1S/C13H18ClNO3/c1-15(2)11(5-7-13(16)17)10-8-9(14)4-6-12(10)18-3/h4,6,8,11H,5,7H2,1-3H3,(H,16,17). The second-order valence-corrected chi connectivity index (χ2v) is 4.73. The van der Waals surface area contributed by atoms with Crippen LogP contribution in [0.1, 0.15) is 24.4 Å². The quantitative estimate of drug-likeness (QED) is 0.864. The van der Waals surface area contributed by atoms with Gasteiger partial charge >= 0.3 is 5.97 Å². The molecule has 0 aliphatic heterocycles. The molecule has 0 aromatic heterocycles. The largest absolute Gasteiger partial charge is 0.496 e. The topological polar surface area (TPSA) is 49.8 Å². The molecule has 18 heavy (non-hydrogen) atoms. The van der Waals surface area contributed by atoms with Crippen LogP contribution in [0.4, 0.5) is 0 Å². The SMILES string of the molecule is COc1ccc(Cl)cc1C(CCC(=O)O)N(C)C. The van der Waals surface area contributed by atoms with E-state index in [0.717, 1.165) is 11.3 Å². The van der Waals surface area contributed by atoms with Crippen molar-refractivity contribution in [3.8, 4) is 5.75 Å². The fourth-order valence-electron chi connectivity index (χ4n) is 1.92. The number of rotatable bonds is 6. The van der Waals surface area contributed by atoms with E-state index in [0.29, 0.717) is 11.4 Å². The predicted octanol–water partition coefficient (Wildman–Crippen LogP) is 2.82. The Morgan fingerprint density at radius 3 is 2.67 bits per heavy atom. The van der Waals surface area contributed by atoms with Crippen LogP contribution in [0.2, 0.25) is 5.02 Å². The predicted molar refractivity (Wildman–Crippen MR) is 71.3 cm³/mol. The highest BCUT2D eigenvalue weighted by Gasteiger charge is 2.19. The first-order valence-electron chi connectivity index (χ1n) is 5.67. The summed E-state index contributed by atoms with van der Waals surface area (Å²) in [6.07, 6.45) is 0.623. The van der Waals surface area contributed by atoms with Crippen LogP contribution in [0.15, 0.2) is 18.2 Å². The van der Waals surface area contributed by atoms with Crippen molar-refractivity contribution in [2.45, 2.75) is 18.9 Å². The lowest BCUT2D eigenvalue weighted by Crippen LogP contribution is -2.21.